The molecule has 3 aliphatic rings. The number of aliphatic hydroxyl groups excluding tert-OH is 1. The maximum Gasteiger partial charge on any atom is 0.203 e. The van der Waals surface area contributed by atoms with E-state index in [1.54, 1.807) is 21.3 Å². The van der Waals surface area contributed by atoms with E-state index in [-0.39, 0.29) is 12.1 Å². The van der Waals surface area contributed by atoms with E-state index < -0.39 is 0 Å². The number of hydrogen-bond donors (Lipinski definition) is 1. The van der Waals surface area contributed by atoms with Gasteiger partial charge < -0.3 is 19.3 Å². The van der Waals surface area contributed by atoms with Crippen LogP contribution in [0.4, 0.5) is 0 Å². The minimum absolute atomic E-state index is 0.190. The van der Waals surface area contributed by atoms with Crippen molar-refractivity contribution in [1.82, 2.24) is 4.90 Å². The second-order valence-corrected chi connectivity index (χ2v) is 6.17. The van der Waals surface area contributed by atoms with Crippen LogP contribution in [0.2, 0.25) is 0 Å². The van der Waals surface area contributed by atoms with Gasteiger partial charge in [-0.1, -0.05) is 0 Å². The van der Waals surface area contributed by atoms with Crippen LogP contribution in [0, 0.1) is 5.92 Å². The van der Waals surface area contributed by atoms with Crippen molar-refractivity contribution >= 4 is 0 Å². The van der Waals surface area contributed by atoms with Crippen LogP contribution in [0.25, 0.3) is 0 Å². The number of hydrogen-bond acceptors (Lipinski definition) is 5. The van der Waals surface area contributed by atoms with Gasteiger partial charge in [-0.25, -0.2) is 0 Å². The van der Waals surface area contributed by atoms with Crippen molar-refractivity contribution in [3.05, 3.63) is 17.7 Å². The molecule has 1 aromatic rings. The molecule has 1 N–H and O–H groups in total. The fraction of sp³-hybridized carbons (Fsp3) is 0.647. The molecule has 2 atom stereocenters. The average molecular weight is 307 g/mol. The molecule has 5 nitrogen and oxygen atoms in total. The van der Waals surface area contributed by atoms with Gasteiger partial charge >= 0.3 is 0 Å². The quantitative estimate of drug-likeness (QED) is 0.897. The van der Waals surface area contributed by atoms with Crippen molar-refractivity contribution in [3.8, 4) is 17.2 Å². The zero-order chi connectivity index (χ0) is 15.7. The number of aliphatic hydroxyl groups is 1. The van der Waals surface area contributed by atoms with Crippen LogP contribution in [0.1, 0.15) is 18.4 Å². The van der Waals surface area contributed by atoms with Crippen molar-refractivity contribution in [2.24, 2.45) is 5.92 Å². The Balaban J connectivity index is 1.86. The Hall–Kier alpha value is -1.46. The highest BCUT2D eigenvalue weighted by Crippen LogP contribution is 2.40. The summed E-state index contributed by atoms with van der Waals surface area (Å²) in [6.07, 6.45) is 2.80. The molecule has 0 aromatic heterocycles. The minimum Gasteiger partial charge on any atom is -0.493 e. The smallest absolute Gasteiger partial charge is 0.203 e. The van der Waals surface area contributed by atoms with Crippen molar-refractivity contribution in [3.63, 3.8) is 0 Å². The molecule has 0 aliphatic carbocycles. The summed E-state index contributed by atoms with van der Waals surface area (Å²) < 4.78 is 16.2. The monoisotopic (exact) mass is 307 g/mol. The van der Waals surface area contributed by atoms with Crippen LogP contribution in [0.3, 0.4) is 0 Å². The lowest BCUT2D eigenvalue weighted by Crippen LogP contribution is -2.58. The topological polar surface area (TPSA) is 51.2 Å². The largest absolute Gasteiger partial charge is 0.493 e. The highest BCUT2D eigenvalue weighted by Gasteiger charge is 2.41. The first-order chi connectivity index (χ1) is 10.7. The number of methoxy groups -OCH3 is 3. The van der Waals surface area contributed by atoms with Crippen LogP contribution < -0.4 is 14.2 Å². The van der Waals surface area contributed by atoms with Gasteiger partial charge in [0.25, 0.3) is 0 Å². The summed E-state index contributed by atoms with van der Waals surface area (Å²) in [7, 11) is 4.86. The highest BCUT2D eigenvalue weighted by atomic mass is 16.5. The Morgan fingerprint density at radius 1 is 1.05 bits per heavy atom. The number of ether oxygens (including phenoxy) is 3. The van der Waals surface area contributed by atoms with Crippen LogP contribution in [-0.4, -0.2) is 56.6 Å². The van der Waals surface area contributed by atoms with Gasteiger partial charge in [-0.15, -0.1) is 0 Å². The first-order valence-electron chi connectivity index (χ1n) is 7.89. The zero-order valence-electron chi connectivity index (χ0n) is 13.5. The molecule has 3 fully saturated rings. The molecule has 0 radical (unpaired) electrons. The van der Waals surface area contributed by atoms with Crippen molar-refractivity contribution in [1.29, 1.82) is 0 Å². The molecular formula is C17H25NO4. The van der Waals surface area contributed by atoms with E-state index in [1.807, 2.05) is 12.1 Å². The Labute approximate surface area is 131 Å². The fourth-order valence-corrected chi connectivity index (χ4v) is 3.87. The van der Waals surface area contributed by atoms with Gasteiger partial charge in [0.15, 0.2) is 11.5 Å². The van der Waals surface area contributed by atoms with Crippen LogP contribution in [0.15, 0.2) is 12.1 Å². The maximum atomic E-state index is 10.5. The summed E-state index contributed by atoms with van der Waals surface area (Å²) in [4.78, 5) is 2.41. The molecule has 2 bridgehead atoms. The van der Waals surface area contributed by atoms with Gasteiger partial charge in [0.05, 0.1) is 27.4 Å². The van der Waals surface area contributed by atoms with Gasteiger partial charge in [-0.2, -0.15) is 0 Å². The van der Waals surface area contributed by atoms with E-state index >= 15 is 0 Å². The number of fused-ring (bicyclic) bond motifs is 3. The normalized spacial score (nSPS) is 30.2. The van der Waals surface area contributed by atoms with Gasteiger partial charge in [-0.05, 0) is 56.0 Å². The second kappa shape index (κ2) is 6.34. The predicted molar refractivity (Wildman–Crippen MR) is 83.9 cm³/mol. The minimum atomic E-state index is -0.235. The predicted octanol–water partition coefficient (Wildman–Crippen LogP) is 1.71. The lowest BCUT2D eigenvalue weighted by Gasteiger charge is -2.49. The van der Waals surface area contributed by atoms with Gasteiger partial charge in [0.2, 0.25) is 5.75 Å². The van der Waals surface area contributed by atoms with E-state index in [0.29, 0.717) is 23.2 Å². The molecular weight excluding hydrogens is 282 g/mol. The average Bonchev–Trinajstić information content (AvgIpc) is 2.57. The van der Waals surface area contributed by atoms with Gasteiger partial charge in [0, 0.05) is 6.04 Å². The molecule has 0 spiro atoms. The summed E-state index contributed by atoms with van der Waals surface area (Å²) in [5.41, 5.74) is 1.10. The van der Waals surface area contributed by atoms with Crippen molar-refractivity contribution in [2.75, 3.05) is 34.4 Å². The second-order valence-electron chi connectivity index (χ2n) is 6.17. The number of nitrogens with zero attached hydrogens (tertiary/aromatic N) is 1. The lowest BCUT2D eigenvalue weighted by molar-refractivity contribution is -0.0715. The van der Waals surface area contributed by atoms with E-state index in [0.717, 1.165) is 37.9 Å². The summed E-state index contributed by atoms with van der Waals surface area (Å²) in [6.45, 7) is 2.19. The summed E-state index contributed by atoms with van der Waals surface area (Å²) >= 11 is 0. The van der Waals surface area contributed by atoms with Gasteiger partial charge in [0.1, 0.15) is 0 Å². The number of rotatable bonds is 5. The molecule has 122 valence electrons. The van der Waals surface area contributed by atoms with Crippen LogP contribution >= 0.6 is 0 Å². The molecule has 4 rings (SSSR count). The summed E-state index contributed by atoms with van der Waals surface area (Å²) in [6, 6.07) is 4.16. The Kier molecular flexibility index (Phi) is 4.45. The Morgan fingerprint density at radius 3 is 2.09 bits per heavy atom. The van der Waals surface area contributed by atoms with Crippen molar-refractivity contribution in [2.45, 2.75) is 31.4 Å². The molecule has 1 aromatic carbocycles. The van der Waals surface area contributed by atoms with E-state index in [2.05, 4.69) is 4.90 Å². The Morgan fingerprint density at radius 2 is 1.64 bits per heavy atom. The molecule has 22 heavy (non-hydrogen) atoms. The summed E-state index contributed by atoms with van der Waals surface area (Å²) in [5, 5.41) is 10.5. The van der Waals surface area contributed by atoms with E-state index in [9.17, 15) is 5.11 Å². The molecule has 0 unspecified atom stereocenters. The maximum absolute atomic E-state index is 10.5. The fourth-order valence-electron chi connectivity index (χ4n) is 3.87. The van der Waals surface area contributed by atoms with Crippen LogP contribution in [0.5, 0.6) is 17.2 Å². The third kappa shape index (κ3) is 2.63. The lowest BCUT2D eigenvalue weighted by atomic mass is 9.78. The molecule has 0 saturated carbocycles. The molecule has 3 aliphatic heterocycles. The third-order valence-corrected chi connectivity index (χ3v) is 5.09. The van der Waals surface area contributed by atoms with Crippen LogP contribution in [-0.2, 0) is 6.42 Å². The Bertz CT molecular complexity index is 498. The number of piperidine rings is 3. The van der Waals surface area contributed by atoms with Crippen molar-refractivity contribution < 1.29 is 19.3 Å². The highest BCUT2D eigenvalue weighted by molar-refractivity contribution is 5.54. The standard InChI is InChI=1S/C17H25NO4/c1-20-14-9-11(10-15(21-2)17(14)22-3)8-13-16(19)12-4-6-18(13)7-5-12/h9-10,12-13,16,19H,4-8H2,1-3H3/t13-,16+/m1/s1. The first-order valence-corrected chi connectivity index (χ1v) is 7.89. The van der Waals surface area contributed by atoms with E-state index in [4.69, 9.17) is 14.2 Å². The zero-order valence-corrected chi connectivity index (χ0v) is 13.5. The van der Waals surface area contributed by atoms with Gasteiger partial charge in [-0.3, -0.25) is 4.90 Å². The number of benzene rings is 1. The SMILES string of the molecule is COc1cc(C[C@@H]2[C@@H](O)C3CCN2CC3)cc(OC)c1OC. The molecule has 5 heteroatoms. The molecule has 0 amide bonds. The molecule has 3 heterocycles. The third-order valence-electron chi connectivity index (χ3n) is 5.09. The summed E-state index contributed by atoms with van der Waals surface area (Å²) in [5.74, 6) is 2.40. The van der Waals surface area contributed by atoms with E-state index in [1.165, 1.54) is 0 Å². The first kappa shape index (κ1) is 15.4. The molecule has 3 saturated heterocycles.